The second kappa shape index (κ2) is 12.3. The van der Waals surface area contributed by atoms with Crippen LogP contribution >= 0.6 is 0 Å². The number of benzene rings is 7. The van der Waals surface area contributed by atoms with Gasteiger partial charge in [-0.05, 0) is 81.7 Å². The molecular formula is C50H32BN5O. The normalized spacial score (nSPS) is 14.1. The number of ether oxygens (including phenoxy) is 1. The van der Waals surface area contributed by atoms with Gasteiger partial charge in [-0.25, -0.2) is 0 Å². The molecular weight excluding hydrogens is 697 g/mol. The first-order chi connectivity index (χ1) is 28.3. The van der Waals surface area contributed by atoms with Crippen LogP contribution in [-0.2, 0) is 5.41 Å². The largest absolute Gasteiger partial charge is 0.451 e. The van der Waals surface area contributed by atoms with Gasteiger partial charge < -0.3 is 14.5 Å². The molecule has 0 aliphatic carbocycles. The molecule has 3 aliphatic rings. The number of hydrogen-bond acceptors (Lipinski definition) is 6. The third kappa shape index (κ3) is 4.39. The van der Waals surface area contributed by atoms with Crippen LogP contribution in [0.2, 0.25) is 0 Å². The Labute approximate surface area is 330 Å². The fraction of sp³-hybridized carbons (Fsp3) is 0.0200. The fourth-order valence-electron chi connectivity index (χ4n) is 9.82. The van der Waals surface area contributed by atoms with Gasteiger partial charge in [0.15, 0.2) is 11.5 Å². The van der Waals surface area contributed by atoms with Crippen molar-refractivity contribution < 1.29 is 4.74 Å². The number of aromatic nitrogens is 3. The van der Waals surface area contributed by atoms with Gasteiger partial charge in [0.1, 0.15) is 5.52 Å². The monoisotopic (exact) mass is 729 g/mol. The van der Waals surface area contributed by atoms with Crippen molar-refractivity contribution in [2.45, 2.75) is 5.41 Å². The van der Waals surface area contributed by atoms with E-state index in [0.29, 0.717) is 0 Å². The zero-order valence-electron chi connectivity index (χ0n) is 30.7. The predicted molar refractivity (Wildman–Crippen MR) is 230 cm³/mol. The van der Waals surface area contributed by atoms with E-state index in [9.17, 15) is 0 Å². The molecule has 0 spiro atoms. The molecule has 2 aromatic heterocycles. The van der Waals surface area contributed by atoms with Crippen molar-refractivity contribution in [1.82, 2.24) is 15.0 Å². The molecule has 0 N–H and O–H groups in total. The van der Waals surface area contributed by atoms with Crippen molar-refractivity contribution in [2.24, 2.45) is 0 Å². The lowest BCUT2D eigenvalue weighted by Crippen LogP contribution is -2.65. The lowest BCUT2D eigenvalue weighted by atomic mass is 9.29. The maximum Gasteiger partial charge on any atom is 0.247 e. The van der Waals surface area contributed by atoms with Crippen molar-refractivity contribution >= 4 is 68.3 Å². The van der Waals surface area contributed by atoms with Crippen LogP contribution in [0, 0.1) is 0 Å². The molecule has 7 aromatic carbocycles. The van der Waals surface area contributed by atoms with Crippen LogP contribution in [0.1, 0.15) is 22.3 Å². The van der Waals surface area contributed by atoms with E-state index >= 15 is 0 Å². The summed E-state index contributed by atoms with van der Waals surface area (Å²) in [5.41, 5.74) is 15.3. The molecule has 3 aliphatic heterocycles. The minimum Gasteiger partial charge on any atom is -0.451 e. The van der Waals surface area contributed by atoms with Crippen LogP contribution in [0.15, 0.2) is 195 Å². The molecule has 0 amide bonds. The van der Waals surface area contributed by atoms with Crippen LogP contribution < -0.4 is 30.9 Å². The maximum atomic E-state index is 7.31. The maximum absolute atomic E-state index is 7.31. The van der Waals surface area contributed by atoms with Gasteiger partial charge in [-0.2, -0.15) is 0 Å². The van der Waals surface area contributed by atoms with E-state index in [-0.39, 0.29) is 6.71 Å². The molecule has 5 heterocycles. The Morgan fingerprint density at radius 2 is 1.19 bits per heavy atom. The first kappa shape index (κ1) is 31.8. The Kier molecular flexibility index (Phi) is 6.84. The van der Waals surface area contributed by atoms with Crippen molar-refractivity contribution in [2.75, 3.05) is 9.80 Å². The van der Waals surface area contributed by atoms with Gasteiger partial charge in [0.25, 0.3) is 0 Å². The molecule has 0 saturated carbocycles. The summed E-state index contributed by atoms with van der Waals surface area (Å²) < 4.78 is 7.31. The van der Waals surface area contributed by atoms with Crippen molar-refractivity contribution in [3.05, 3.63) is 217 Å². The Balaban J connectivity index is 1.31. The molecule has 57 heavy (non-hydrogen) atoms. The summed E-state index contributed by atoms with van der Waals surface area (Å²) >= 11 is 0. The number of pyridine rings is 1. The Morgan fingerprint density at radius 3 is 1.98 bits per heavy atom. The van der Waals surface area contributed by atoms with Gasteiger partial charge >= 0.3 is 0 Å². The van der Waals surface area contributed by atoms with Gasteiger partial charge in [-0.15, -0.1) is 0 Å². The summed E-state index contributed by atoms with van der Waals surface area (Å²) in [7, 11) is 0. The summed E-state index contributed by atoms with van der Waals surface area (Å²) in [6.07, 6.45) is 7.31. The zero-order valence-corrected chi connectivity index (χ0v) is 30.7. The molecule has 0 atom stereocenters. The highest BCUT2D eigenvalue weighted by Crippen LogP contribution is 2.59. The highest BCUT2D eigenvalue weighted by molar-refractivity contribution is 6.99. The van der Waals surface area contributed by atoms with Crippen molar-refractivity contribution in [3.63, 3.8) is 0 Å². The predicted octanol–water partition coefficient (Wildman–Crippen LogP) is 9.60. The summed E-state index contributed by atoms with van der Waals surface area (Å²) in [4.78, 5) is 19.1. The molecule has 266 valence electrons. The summed E-state index contributed by atoms with van der Waals surface area (Å²) in [6, 6.07) is 61.0. The van der Waals surface area contributed by atoms with Crippen molar-refractivity contribution in [1.29, 1.82) is 0 Å². The van der Waals surface area contributed by atoms with E-state index in [1.165, 1.54) is 38.6 Å². The Hall–Kier alpha value is -7.51. The standard InChI is InChI=1S/C50H32BN5O/c1-3-15-33(16-4-1)50(34-17-5-2-6-18-34)36-20-7-8-21-38(36)51-39-22-9-10-24-41(39)55(35-19-14-28-52-32-35)48-46(51)37(50)31-44-49(48)57-45-27-12-11-25-42(45)56(44)43-26-13-23-40-47(43)54-30-29-53-40/h1-32H. The summed E-state index contributed by atoms with van der Waals surface area (Å²) in [5.74, 6) is 1.53. The van der Waals surface area contributed by atoms with Crippen LogP contribution in [0.4, 0.5) is 34.1 Å². The van der Waals surface area contributed by atoms with Crippen LogP contribution in [0.3, 0.4) is 0 Å². The minimum atomic E-state index is -0.706. The molecule has 0 radical (unpaired) electrons. The van der Waals surface area contributed by atoms with E-state index in [0.717, 1.165) is 56.7 Å². The zero-order chi connectivity index (χ0) is 37.5. The highest BCUT2D eigenvalue weighted by Gasteiger charge is 2.53. The van der Waals surface area contributed by atoms with Crippen LogP contribution in [0.25, 0.3) is 11.0 Å². The summed E-state index contributed by atoms with van der Waals surface area (Å²) in [6.45, 7) is -0.0844. The number of para-hydroxylation sites is 4. The third-order valence-corrected chi connectivity index (χ3v) is 11.9. The topological polar surface area (TPSA) is 54.4 Å². The molecule has 0 bridgehead atoms. The minimum absolute atomic E-state index is 0.0844. The number of nitrogens with zero attached hydrogens (tertiary/aromatic N) is 5. The van der Waals surface area contributed by atoms with Crippen LogP contribution in [0.5, 0.6) is 11.5 Å². The molecule has 6 nitrogen and oxygen atoms in total. The lowest BCUT2D eigenvalue weighted by molar-refractivity contribution is 0.478. The van der Waals surface area contributed by atoms with Gasteiger partial charge in [0.05, 0.1) is 45.6 Å². The second-order valence-corrected chi connectivity index (χ2v) is 14.7. The highest BCUT2D eigenvalue weighted by atomic mass is 16.5. The molecule has 0 unspecified atom stereocenters. The first-order valence-electron chi connectivity index (χ1n) is 19.3. The average molecular weight is 730 g/mol. The van der Waals surface area contributed by atoms with E-state index in [1.54, 1.807) is 12.4 Å². The van der Waals surface area contributed by atoms with Gasteiger partial charge in [-0.3, -0.25) is 15.0 Å². The summed E-state index contributed by atoms with van der Waals surface area (Å²) in [5, 5.41) is 0. The fourth-order valence-corrected chi connectivity index (χ4v) is 9.82. The molecule has 12 rings (SSSR count). The number of hydrogen-bond donors (Lipinski definition) is 0. The molecule has 7 heteroatoms. The smallest absolute Gasteiger partial charge is 0.247 e. The van der Waals surface area contributed by atoms with E-state index in [2.05, 4.69) is 166 Å². The third-order valence-electron chi connectivity index (χ3n) is 11.9. The number of anilines is 6. The van der Waals surface area contributed by atoms with Gasteiger partial charge in [0.2, 0.25) is 6.71 Å². The van der Waals surface area contributed by atoms with Gasteiger partial charge in [-0.1, -0.05) is 127 Å². The van der Waals surface area contributed by atoms with E-state index in [4.69, 9.17) is 14.7 Å². The van der Waals surface area contributed by atoms with Crippen LogP contribution in [-0.4, -0.2) is 21.7 Å². The number of rotatable bonds is 4. The Morgan fingerprint density at radius 1 is 0.509 bits per heavy atom. The lowest BCUT2D eigenvalue weighted by Gasteiger charge is -2.50. The first-order valence-corrected chi connectivity index (χ1v) is 19.3. The van der Waals surface area contributed by atoms with E-state index in [1.807, 2.05) is 30.6 Å². The molecule has 0 saturated heterocycles. The molecule has 9 aromatic rings. The van der Waals surface area contributed by atoms with Crippen molar-refractivity contribution in [3.8, 4) is 11.5 Å². The molecule has 0 fully saturated rings. The second-order valence-electron chi connectivity index (χ2n) is 14.7. The van der Waals surface area contributed by atoms with E-state index < -0.39 is 5.41 Å². The van der Waals surface area contributed by atoms with Gasteiger partial charge in [0, 0.05) is 24.3 Å². The SMILES string of the molecule is c1ccc(C2(c3ccccc3)c3ccccc3B3c4ccccc4N(c4cccnc4)c4c5c(cc2c43)N(c2cccc3nccnc23)c2ccccc2O5)cc1. The average Bonchev–Trinajstić information content (AvgIpc) is 3.29. The number of fused-ring (bicyclic) bond motifs is 8. The Bertz CT molecular complexity index is 2990. The quantitative estimate of drug-likeness (QED) is 0.168.